The molecule has 0 aromatic carbocycles. The number of carbonyl (C=O) groups excluding carboxylic acids is 1. The number of carboxylic acids is 1. The van der Waals surface area contributed by atoms with Crippen LogP contribution in [0.25, 0.3) is 0 Å². The Hall–Kier alpha value is -1.36. The van der Waals surface area contributed by atoms with E-state index < -0.39 is 5.97 Å². The van der Waals surface area contributed by atoms with Gasteiger partial charge in [-0.2, -0.15) is 0 Å². The first kappa shape index (κ1) is 16.7. The summed E-state index contributed by atoms with van der Waals surface area (Å²) in [6.45, 7) is 4.73. The Kier molecular flexibility index (Phi) is 6.71. The monoisotopic (exact) mass is 297 g/mol. The number of thiophene rings is 1. The maximum Gasteiger partial charge on any atom is 0.303 e. The van der Waals surface area contributed by atoms with Crippen molar-refractivity contribution in [2.24, 2.45) is 0 Å². The number of amides is 1. The molecule has 1 rings (SSSR count). The van der Waals surface area contributed by atoms with E-state index in [1.54, 1.807) is 23.3 Å². The largest absolute Gasteiger partial charge is 0.481 e. The van der Waals surface area contributed by atoms with Crippen LogP contribution in [0.5, 0.6) is 0 Å². The van der Waals surface area contributed by atoms with Crippen molar-refractivity contribution in [1.29, 1.82) is 0 Å². The highest BCUT2D eigenvalue weighted by atomic mass is 32.1. The van der Waals surface area contributed by atoms with Crippen LogP contribution in [0.1, 0.15) is 41.0 Å². The minimum absolute atomic E-state index is 0.0972. The van der Waals surface area contributed by atoms with Crippen LogP contribution in [0.15, 0.2) is 6.07 Å². The lowest BCUT2D eigenvalue weighted by atomic mass is 10.1. The summed E-state index contributed by atoms with van der Waals surface area (Å²) in [5, 5.41) is 8.56. The second-order valence-electron chi connectivity index (χ2n) is 5.10. The summed E-state index contributed by atoms with van der Waals surface area (Å²) in [4.78, 5) is 26.6. The van der Waals surface area contributed by atoms with Gasteiger partial charge in [0.15, 0.2) is 0 Å². The molecule has 1 heterocycles. The Morgan fingerprint density at radius 3 is 2.50 bits per heavy atom. The summed E-state index contributed by atoms with van der Waals surface area (Å²) >= 11 is 1.80. The summed E-state index contributed by atoms with van der Waals surface area (Å²) < 4.78 is 0. The molecule has 0 aliphatic rings. The van der Waals surface area contributed by atoms with Gasteiger partial charge in [0, 0.05) is 36.2 Å². The van der Waals surface area contributed by atoms with Gasteiger partial charge in [0.25, 0.3) is 0 Å². The van der Waals surface area contributed by atoms with Gasteiger partial charge in [-0.3, -0.25) is 9.59 Å². The van der Waals surface area contributed by atoms with Crippen molar-refractivity contribution in [3.05, 3.63) is 21.4 Å². The van der Waals surface area contributed by atoms with Crippen LogP contribution in [-0.4, -0.2) is 35.5 Å². The first-order chi connectivity index (χ1) is 9.40. The summed E-state index contributed by atoms with van der Waals surface area (Å²) in [7, 11) is 1.74. The fourth-order valence-corrected chi connectivity index (χ4v) is 3.12. The molecule has 1 amide bonds. The number of hydrogen-bond acceptors (Lipinski definition) is 3. The number of aryl methyl sites for hydroxylation is 3. The van der Waals surface area contributed by atoms with E-state index in [0.29, 0.717) is 19.4 Å². The Balaban J connectivity index is 2.25. The van der Waals surface area contributed by atoms with Crippen molar-refractivity contribution in [2.45, 2.75) is 46.0 Å². The maximum absolute atomic E-state index is 11.9. The molecule has 1 aromatic heterocycles. The third-order valence-corrected chi connectivity index (χ3v) is 4.30. The van der Waals surface area contributed by atoms with Gasteiger partial charge >= 0.3 is 5.97 Å². The van der Waals surface area contributed by atoms with E-state index in [-0.39, 0.29) is 12.3 Å². The van der Waals surface area contributed by atoms with Crippen LogP contribution in [0.3, 0.4) is 0 Å². The second-order valence-corrected chi connectivity index (χ2v) is 6.57. The van der Waals surface area contributed by atoms with Gasteiger partial charge in [0.2, 0.25) is 5.91 Å². The first-order valence-corrected chi connectivity index (χ1v) is 7.73. The molecular weight excluding hydrogens is 274 g/mol. The lowest BCUT2D eigenvalue weighted by Gasteiger charge is -2.16. The smallest absolute Gasteiger partial charge is 0.303 e. The topological polar surface area (TPSA) is 57.6 Å². The fraction of sp³-hybridized carbons (Fsp3) is 0.600. The van der Waals surface area contributed by atoms with Crippen LogP contribution < -0.4 is 0 Å². The highest BCUT2D eigenvalue weighted by molar-refractivity contribution is 7.12. The van der Waals surface area contributed by atoms with Crippen molar-refractivity contribution in [3.63, 3.8) is 0 Å². The molecule has 112 valence electrons. The lowest BCUT2D eigenvalue weighted by Crippen LogP contribution is -2.27. The number of hydrogen-bond donors (Lipinski definition) is 1. The third kappa shape index (κ3) is 5.74. The molecule has 4 nitrogen and oxygen atoms in total. The predicted octanol–water partition coefficient (Wildman–Crippen LogP) is 3.01. The Bertz CT molecular complexity index is 468. The van der Waals surface area contributed by atoms with Gasteiger partial charge in [-0.25, -0.2) is 0 Å². The summed E-state index contributed by atoms with van der Waals surface area (Å²) in [6, 6.07) is 2.20. The molecular formula is C15H23NO3S. The van der Waals surface area contributed by atoms with E-state index >= 15 is 0 Å². The molecule has 0 spiro atoms. The molecule has 0 radical (unpaired) electrons. The molecule has 1 aromatic rings. The molecule has 0 bridgehead atoms. The van der Waals surface area contributed by atoms with Gasteiger partial charge in [-0.05, 0) is 44.7 Å². The fourth-order valence-electron chi connectivity index (χ4n) is 2.14. The van der Waals surface area contributed by atoms with E-state index in [1.807, 2.05) is 0 Å². The highest BCUT2D eigenvalue weighted by Gasteiger charge is 2.10. The van der Waals surface area contributed by atoms with Crippen LogP contribution in [0.4, 0.5) is 0 Å². The van der Waals surface area contributed by atoms with Crippen LogP contribution >= 0.6 is 11.3 Å². The van der Waals surface area contributed by atoms with Gasteiger partial charge in [0.05, 0.1) is 0 Å². The Labute approximate surface area is 124 Å². The second kappa shape index (κ2) is 8.04. The van der Waals surface area contributed by atoms with Crippen LogP contribution in [-0.2, 0) is 16.0 Å². The predicted molar refractivity (Wildman–Crippen MR) is 81.2 cm³/mol. The van der Waals surface area contributed by atoms with E-state index in [2.05, 4.69) is 19.9 Å². The molecule has 5 heteroatoms. The molecule has 20 heavy (non-hydrogen) atoms. The molecule has 0 aliphatic heterocycles. The number of carboxylic acid groups (broad SMARTS) is 1. The molecule has 1 N–H and O–H groups in total. The standard InChI is InChI=1S/C15H23NO3S/c1-11-10-13(12(2)20-11)6-4-7-14(17)16(3)9-5-8-15(18)19/h10H,4-9H2,1-3H3,(H,18,19). The minimum Gasteiger partial charge on any atom is -0.481 e. The van der Waals surface area contributed by atoms with E-state index in [1.165, 1.54) is 15.3 Å². The average Bonchev–Trinajstić information content (AvgIpc) is 2.67. The van der Waals surface area contributed by atoms with Gasteiger partial charge in [-0.1, -0.05) is 0 Å². The minimum atomic E-state index is -0.811. The summed E-state index contributed by atoms with van der Waals surface area (Å²) in [5.41, 5.74) is 1.34. The Morgan fingerprint density at radius 2 is 1.95 bits per heavy atom. The highest BCUT2D eigenvalue weighted by Crippen LogP contribution is 2.22. The quantitative estimate of drug-likeness (QED) is 0.802. The van der Waals surface area contributed by atoms with E-state index in [4.69, 9.17) is 5.11 Å². The number of aliphatic carboxylic acids is 1. The molecule has 0 aliphatic carbocycles. The first-order valence-electron chi connectivity index (χ1n) is 6.92. The van der Waals surface area contributed by atoms with Crippen LogP contribution in [0, 0.1) is 13.8 Å². The zero-order valence-electron chi connectivity index (χ0n) is 12.4. The van der Waals surface area contributed by atoms with Crippen molar-refractivity contribution in [1.82, 2.24) is 4.90 Å². The molecule has 0 fully saturated rings. The zero-order valence-corrected chi connectivity index (χ0v) is 13.3. The molecule has 0 saturated heterocycles. The number of carbonyl (C=O) groups is 2. The molecule has 0 saturated carbocycles. The van der Waals surface area contributed by atoms with Gasteiger partial charge in [-0.15, -0.1) is 11.3 Å². The Morgan fingerprint density at radius 1 is 1.25 bits per heavy atom. The lowest BCUT2D eigenvalue weighted by molar-refractivity contribution is -0.138. The van der Waals surface area contributed by atoms with Gasteiger partial charge < -0.3 is 10.0 Å². The van der Waals surface area contributed by atoms with Crippen molar-refractivity contribution >= 4 is 23.2 Å². The number of rotatable bonds is 8. The summed E-state index contributed by atoms with van der Waals surface area (Å²) in [6.07, 6.45) is 2.94. The molecule has 0 unspecified atom stereocenters. The maximum atomic E-state index is 11.9. The van der Waals surface area contributed by atoms with Crippen molar-refractivity contribution in [3.8, 4) is 0 Å². The van der Waals surface area contributed by atoms with Crippen molar-refractivity contribution in [2.75, 3.05) is 13.6 Å². The normalized spacial score (nSPS) is 10.6. The zero-order chi connectivity index (χ0) is 15.1. The summed E-state index contributed by atoms with van der Waals surface area (Å²) in [5.74, 6) is -0.714. The SMILES string of the molecule is Cc1cc(CCCC(=O)N(C)CCCC(=O)O)c(C)s1. The van der Waals surface area contributed by atoms with Gasteiger partial charge in [0.1, 0.15) is 0 Å². The molecule has 0 atom stereocenters. The third-order valence-electron chi connectivity index (χ3n) is 3.29. The number of nitrogens with zero attached hydrogens (tertiary/aromatic N) is 1. The van der Waals surface area contributed by atoms with Crippen molar-refractivity contribution < 1.29 is 14.7 Å². The van der Waals surface area contributed by atoms with Crippen LogP contribution in [0.2, 0.25) is 0 Å². The van der Waals surface area contributed by atoms with E-state index in [9.17, 15) is 9.59 Å². The average molecular weight is 297 g/mol. The van der Waals surface area contributed by atoms with E-state index in [0.717, 1.165) is 12.8 Å².